The lowest BCUT2D eigenvalue weighted by atomic mass is 9.74. The predicted molar refractivity (Wildman–Crippen MR) is 99.9 cm³/mol. The van der Waals surface area contributed by atoms with Crippen LogP contribution in [0.25, 0.3) is 0 Å². The molecule has 4 unspecified atom stereocenters. The van der Waals surface area contributed by atoms with E-state index in [2.05, 4.69) is 0 Å². The van der Waals surface area contributed by atoms with E-state index in [-0.39, 0.29) is 29.9 Å². The number of alkyl halides is 3. The van der Waals surface area contributed by atoms with Crippen LogP contribution in [-0.4, -0.2) is 32.4 Å². The van der Waals surface area contributed by atoms with E-state index in [1.54, 1.807) is 0 Å². The van der Waals surface area contributed by atoms with Gasteiger partial charge in [-0.25, -0.2) is 17.6 Å². The molecule has 29 heavy (non-hydrogen) atoms. The van der Waals surface area contributed by atoms with Crippen molar-refractivity contribution in [2.75, 3.05) is 26.5 Å². The average molecular weight is 420 g/mol. The molecule has 1 aliphatic carbocycles. The molecule has 2 nitrogen and oxygen atoms in total. The van der Waals surface area contributed by atoms with Gasteiger partial charge in [-0.3, -0.25) is 4.39 Å². The number of ether oxygens (including phenoxy) is 2. The Morgan fingerprint density at radius 3 is 2.34 bits per heavy atom. The second-order valence-corrected chi connectivity index (χ2v) is 8.24. The molecule has 1 saturated heterocycles. The lowest BCUT2D eigenvalue weighted by molar-refractivity contribution is -0.0751. The quantitative estimate of drug-likeness (QED) is 0.479. The first-order chi connectivity index (χ1) is 13.9. The minimum atomic E-state index is -3.18. The summed E-state index contributed by atoms with van der Waals surface area (Å²) < 4.78 is 82.3. The van der Waals surface area contributed by atoms with E-state index >= 15 is 0 Å². The Labute approximate surface area is 168 Å². The van der Waals surface area contributed by atoms with Gasteiger partial charge >= 0.3 is 0 Å². The topological polar surface area (TPSA) is 18.5 Å². The van der Waals surface area contributed by atoms with Crippen LogP contribution in [0.5, 0.6) is 0 Å². The van der Waals surface area contributed by atoms with Crippen LogP contribution < -0.4 is 0 Å². The van der Waals surface area contributed by atoms with Crippen molar-refractivity contribution in [2.45, 2.75) is 63.4 Å². The largest absolute Gasteiger partial charge is 0.381 e. The molecule has 1 aromatic rings. The number of hydrogen-bond donors (Lipinski definition) is 0. The van der Waals surface area contributed by atoms with Crippen molar-refractivity contribution in [3.05, 3.63) is 34.9 Å². The highest BCUT2D eigenvalue weighted by Crippen LogP contribution is 2.49. The summed E-state index contributed by atoms with van der Waals surface area (Å²) in [6.45, 7) is 2.84. The molecule has 0 bridgehead atoms. The summed E-state index contributed by atoms with van der Waals surface area (Å²) in [5.74, 6) is -7.07. The minimum Gasteiger partial charge on any atom is -0.381 e. The fourth-order valence-electron chi connectivity index (χ4n) is 4.59. The third kappa shape index (κ3) is 5.10. The predicted octanol–water partition coefficient (Wildman–Crippen LogP) is 6.35. The zero-order chi connectivity index (χ0) is 21.0. The van der Waals surface area contributed by atoms with Gasteiger partial charge in [-0.1, -0.05) is 12.1 Å². The van der Waals surface area contributed by atoms with Crippen LogP contribution in [0, 0.1) is 23.5 Å². The van der Waals surface area contributed by atoms with E-state index in [9.17, 15) is 22.0 Å². The van der Waals surface area contributed by atoms with Crippen LogP contribution in [0.4, 0.5) is 22.0 Å². The van der Waals surface area contributed by atoms with Gasteiger partial charge in [0.25, 0.3) is 5.92 Å². The average Bonchev–Trinajstić information content (AvgIpc) is 2.69. The molecule has 0 N–H and O–H groups in total. The van der Waals surface area contributed by atoms with Gasteiger partial charge in [0, 0.05) is 24.5 Å². The number of halogens is 5. The van der Waals surface area contributed by atoms with Crippen LogP contribution in [0.1, 0.15) is 68.6 Å². The van der Waals surface area contributed by atoms with Crippen LogP contribution in [-0.2, 0) is 9.47 Å². The minimum absolute atomic E-state index is 0.0202. The molecule has 0 spiro atoms. The SMILES string of the molecule is CCOCC1CCC(c2ccc(C3CCC(CCF)CC3(F)F)c(F)c2F)OC1. The van der Waals surface area contributed by atoms with Gasteiger partial charge in [-0.15, -0.1) is 0 Å². The summed E-state index contributed by atoms with van der Waals surface area (Å²) >= 11 is 0. The normalized spacial score (nSPS) is 29.7. The van der Waals surface area contributed by atoms with Crippen molar-refractivity contribution in [3.8, 4) is 0 Å². The molecule has 1 heterocycles. The van der Waals surface area contributed by atoms with E-state index < -0.39 is 48.6 Å². The Bertz CT molecular complexity index is 673. The monoisotopic (exact) mass is 420 g/mol. The highest BCUT2D eigenvalue weighted by atomic mass is 19.3. The highest BCUT2D eigenvalue weighted by Gasteiger charge is 2.47. The van der Waals surface area contributed by atoms with E-state index in [1.807, 2.05) is 6.92 Å². The number of hydrogen-bond acceptors (Lipinski definition) is 2. The van der Waals surface area contributed by atoms with Gasteiger partial charge < -0.3 is 9.47 Å². The van der Waals surface area contributed by atoms with Gasteiger partial charge in [0.15, 0.2) is 11.6 Å². The second-order valence-electron chi connectivity index (χ2n) is 8.24. The number of rotatable bonds is 7. The third-order valence-corrected chi connectivity index (χ3v) is 6.24. The number of benzene rings is 1. The fourth-order valence-corrected chi connectivity index (χ4v) is 4.59. The molecule has 4 atom stereocenters. The smallest absolute Gasteiger partial charge is 0.255 e. The summed E-state index contributed by atoms with van der Waals surface area (Å²) in [4.78, 5) is 0. The fraction of sp³-hybridized carbons (Fsp3) is 0.727. The van der Waals surface area contributed by atoms with E-state index in [4.69, 9.17) is 9.47 Å². The van der Waals surface area contributed by atoms with Crippen molar-refractivity contribution in [2.24, 2.45) is 11.8 Å². The van der Waals surface area contributed by atoms with Gasteiger partial charge in [-0.05, 0) is 50.5 Å². The third-order valence-electron chi connectivity index (χ3n) is 6.24. The van der Waals surface area contributed by atoms with Gasteiger partial charge in [0.05, 0.1) is 31.9 Å². The Kier molecular flexibility index (Phi) is 7.54. The lowest BCUT2D eigenvalue weighted by Gasteiger charge is -2.36. The first-order valence-electron chi connectivity index (χ1n) is 10.5. The molecule has 0 radical (unpaired) electrons. The molecule has 3 rings (SSSR count). The Morgan fingerprint density at radius 2 is 1.72 bits per heavy atom. The maximum absolute atomic E-state index is 14.8. The van der Waals surface area contributed by atoms with Crippen molar-refractivity contribution in [3.63, 3.8) is 0 Å². The Morgan fingerprint density at radius 1 is 1.03 bits per heavy atom. The molecule has 1 saturated carbocycles. The van der Waals surface area contributed by atoms with E-state index in [1.165, 1.54) is 12.1 Å². The van der Waals surface area contributed by atoms with Crippen LogP contribution >= 0.6 is 0 Å². The summed E-state index contributed by atoms with van der Waals surface area (Å²) in [6, 6.07) is 2.66. The van der Waals surface area contributed by atoms with Gasteiger partial charge in [-0.2, -0.15) is 0 Å². The zero-order valence-electron chi connectivity index (χ0n) is 16.7. The first kappa shape index (κ1) is 22.5. The maximum Gasteiger partial charge on any atom is 0.255 e. The molecule has 164 valence electrons. The standard InChI is InChI=1S/C22H29F5O2/c1-2-28-12-15-4-8-19(29-13-15)17-6-5-16(20(24)21(17)25)18-7-3-14(9-10-23)11-22(18,26)27/h5-6,14-15,18-19H,2-4,7-13H2,1H3. The molecule has 1 aromatic carbocycles. The molecule has 0 aromatic heterocycles. The first-order valence-corrected chi connectivity index (χ1v) is 10.5. The summed E-state index contributed by atoms with van der Waals surface area (Å²) in [7, 11) is 0. The molecule has 1 aliphatic heterocycles. The lowest BCUT2D eigenvalue weighted by Crippen LogP contribution is -2.35. The van der Waals surface area contributed by atoms with Gasteiger partial charge in [0.2, 0.25) is 0 Å². The van der Waals surface area contributed by atoms with Crippen molar-refractivity contribution >= 4 is 0 Å². The van der Waals surface area contributed by atoms with Crippen molar-refractivity contribution < 1.29 is 31.4 Å². The molecular formula is C22H29F5O2. The molecule has 2 fully saturated rings. The molecule has 0 amide bonds. The zero-order valence-corrected chi connectivity index (χ0v) is 16.7. The van der Waals surface area contributed by atoms with E-state index in [0.29, 0.717) is 32.7 Å². The summed E-state index contributed by atoms with van der Waals surface area (Å²) in [5.41, 5.74) is -0.212. The summed E-state index contributed by atoms with van der Waals surface area (Å²) in [5, 5.41) is 0. The van der Waals surface area contributed by atoms with Crippen LogP contribution in [0.15, 0.2) is 12.1 Å². The Hall–Kier alpha value is -1.21. The van der Waals surface area contributed by atoms with E-state index in [0.717, 1.165) is 6.42 Å². The second kappa shape index (κ2) is 9.73. The van der Waals surface area contributed by atoms with Gasteiger partial charge in [0.1, 0.15) is 0 Å². The molecule has 7 heteroatoms. The Balaban J connectivity index is 1.72. The maximum atomic E-state index is 14.8. The van der Waals surface area contributed by atoms with Crippen LogP contribution in [0.3, 0.4) is 0 Å². The summed E-state index contributed by atoms with van der Waals surface area (Å²) in [6.07, 6.45) is 0.713. The van der Waals surface area contributed by atoms with Crippen LogP contribution in [0.2, 0.25) is 0 Å². The highest BCUT2D eigenvalue weighted by molar-refractivity contribution is 5.32. The van der Waals surface area contributed by atoms with Crippen molar-refractivity contribution in [1.82, 2.24) is 0 Å². The molecule has 2 aliphatic rings. The molecular weight excluding hydrogens is 391 g/mol. The van der Waals surface area contributed by atoms with Crippen molar-refractivity contribution in [1.29, 1.82) is 0 Å².